The maximum atomic E-state index is 12.3. The highest BCUT2D eigenvalue weighted by atomic mass is 16.1. The molecule has 0 aliphatic carbocycles. The summed E-state index contributed by atoms with van der Waals surface area (Å²) >= 11 is 0. The van der Waals surface area contributed by atoms with Crippen LogP contribution >= 0.6 is 0 Å². The molecular formula is C15H24N2O. The average molecular weight is 248 g/mol. The molecule has 0 aliphatic heterocycles. The Morgan fingerprint density at radius 2 is 1.67 bits per heavy atom. The van der Waals surface area contributed by atoms with E-state index in [0.29, 0.717) is 12.1 Å². The SMILES string of the molecule is CCC(CC)(CN)NC(=O)c1cc(C)cc(C)c1. The van der Waals surface area contributed by atoms with E-state index in [1.54, 1.807) is 0 Å². The molecule has 3 N–H and O–H groups in total. The number of hydrogen-bond acceptors (Lipinski definition) is 2. The number of benzene rings is 1. The molecule has 100 valence electrons. The molecule has 1 aromatic rings. The fourth-order valence-corrected chi connectivity index (χ4v) is 2.19. The van der Waals surface area contributed by atoms with Gasteiger partial charge in [-0.3, -0.25) is 4.79 Å². The fourth-order valence-electron chi connectivity index (χ4n) is 2.19. The maximum Gasteiger partial charge on any atom is 0.251 e. The minimum atomic E-state index is -0.283. The third-order valence-electron chi connectivity index (χ3n) is 3.61. The molecular weight excluding hydrogens is 224 g/mol. The van der Waals surface area contributed by atoms with E-state index in [2.05, 4.69) is 25.2 Å². The lowest BCUT2D eigenvalue weighted by molar-refractivity contribution is 0.0895. The van der Waals surface area contributed by atoms with Crippen molar-refractivity contribution in [1.82, 2.24) is 5.32 Å². The van der Waals surface area contributed by atoms with Gasteiger partial charge in [0.05, 0.1) is 5.54 Å². The molecule has 0 radical (unpaired) electrons. The molecule has 3 nitrogen and oxygen atoms in total. The molecule has 1 aromatic carbocycles. The van der Waals surface area contributed by atoms with Gasteiger partial charge in [0, 0.05) is 12.1 Å². The van der Waals surface area contributed by atoms with E-state index in [1.165, 1.54) is 0 Å². The zero-order valence-electron chi connectivity index (χ0n) is 11.8. The summed E-state index contributed by atoms with van der Waals surface area (Å²) < 4.78 is 0. The molecule has 0 aromatic heterocycles. The average Bonchev–Trinajstić information content (AvgIpc) is 2.35. The van der Waals surface area contributed by atoms with Crippen molar-refractivity contribution in [1.29, 1.82) is 0 Å². The van der Waals surface area contributed by atoms with E-state index in [4.69, 9.17) is 5.73 Å². The van der Waals surface area contributed by atoms with Crippen molar-refractivity contribution in [3.8, 4) is 0 Å². The van der Waals surface area contributed by atoms with E-state index < -0.39 is 0 Å². The first-order valence-electron chi connectivity index (χ1n) is 6.57. The summed E-state index contributed by atoms with van der Waals surface area (Å²) in [5, 5.41) is 3.09. The highest BCUT2D eigenvalue weighted by molar-refractivity contribution is 5.95. The number of amides is 1. The molecule has 0 atom stereocenters. The van der Waals surface area contributed by atoms with Gasteiger partial charge in [-0.05, 0) is 38.8 Å². The van der Waals surface area contributed by atoms with Crippen LogP contribution < -0.4 is 11.1 Å². The molecule has 0 unspecified atom stereocenters. The van der Waals surface area contributed by atoms with Gasteiger partial charge in [0.15, 0.2) is 0 Å². The van der Waals surface area contributed by atoms with Gasteiger partial charge in [0.2, 0.25) is 0 Å². The highest BCUT2D eigenvalue weighted by Crippen LogP contribution is 2.15. The topological polar surface area (TPSA) is 55.1 Å². The summed E-state index contributed by atoms with van der Waals surface area (Å²) in [4.78, 5) is 12.3. The first kappa shape index (κ1) is 14.7. The molecule has 1 amide bonds. The summed E-state index contributed by atoms with van der Waals surface area (Å²) in [5.41, 5.74) is 8.44. The summed E-state index contributed by atoms with van der Waals surface area (Å²) in [6.45, 7) is 8.58. The number of carbonyl (C=O) groups excluding carboxylic acids is 1. The lowest BCUT2D eigenvalue weighted by atomic mass is 9.92. The molecule has 0 heterocycles. The summed E-state index contributed by atoms with van der Waals surface area (Å²) in [6, 6.07) is 5.89. The molecule has 0 bridgehead atoms. The Kier molecular flexibility index (Phi) is 4.91. The second-order valence-electron chi connectivity index (χ2n) is 5.02. The first-order chi connectivity index (χ1) is 8.46. The molecule has 0 fully saturated rings. The number of hydrogen-bond donors (Lipinski definition) is 2. The smallest absolute Gasteiger partial charge is 0.251 e. The van der Waals surface area contributed by atoms with Crippen molar-refractivity contribution in [2.75, 3.05) is 6.54 Å². The molecule has 3 heteroatoms. The Morgan fingerprint density at radius 3 is 2.06 bits per heavy atom. The van der Waals surface area contributed by atoms with Crippen LogP contribution in [0, 0.1) is 13.8 Å². The quantitative estimate of drug-likeness (QED) is 0.841. The highest BCUT2D eigenvalue weighted by Gasteiger charge is 2.26. The van der Waals surface area contributed by atoms with Crippen LogP contribution in [0.4, 0.5) is 0 Å². The number of aryl methyl sites for hydroxylation is 2. The van der Waals surface area contributed by atoms with Gasteiger partial charge in [-0.15, -0.1) is 0 Å². The van der Waals surface area contributed by atoms with Gasteiger partial charge in [-0.1, -0.05) is 31.0 Å². The number of nitrogens with two attached hydrogens (primary N) is 1. The Balaban J connectivity index is 2.94. The second kappa shape index (κ2) is 6.01. The lowest BCUT2D eigenvalue weighted by Crippen LogP contribution is -2.52. The third kappa shape index (κ3) is 3.33. The predicted octanol–water partition coefficient (Wildman–Crippen LogP) is 2.55. The Bertz CT molecular complexity index is 394. The van der Waals surface area contributed by atoms with Crippen LogP contribution in [0.5, 0.6) is 0 Å². The van der Waals surface area contributed by atoms with Crippen LogP contribution in [0.15, 0.2) is 18.2 Å². The molecule has 0 saturated carbocycles. The number of nitrogens with one attached hydrogen (secondary N) is 1. The third-order valence-corrected chi connectivity index (χ3v) is 3.61. The zero-order valence-corrected chi connectivity index (χ0v) is 11.8. The van der Waals surface area contributed by atoms with Crippen LogP contribution in [0.2, 0.25) is 0 Å². The number of rotatable bonds is 5. The minimum Gasteiger partial charge on any atom is -0.345 e. The lowest BCUT2D eigenvalue weighted by Gasteiger charge is -2.31. The number of carbonyl (C=O) groups is 1. The Hall–Kier alpha value is -1.35. The molecule has 18 heavy (non-hydrogen) atoms. The van der Waals surface area contributed by atoms with Crippen molar-refractivity contribution < 1.29 is 4.79 Å². The summed E-state index contributed by atoms with van der Waals surface area (Å²) in [6.07, 6.45) is 1.69. The van der Waals surface area contributed by atoms with Gasteiger partial charge in [0.25, 0.3) is 5.91 Å². The van der Waals surface area contributed by atoms with E-state index in [0.717, 1.165) is 24.0 Å². The van der Waals surface area contributed by atoms with Gasteiger partial charge in [-0.2, -0.15) is 0 Å². The molecule has 0 aliphatic rings. The minimum absolute atomic E-state index is 0.0315. The van der Waals surface area contributed by atoms with Crippen molar-refractivity contribution in [2.24, 2.45) is 5.73 Å². The first-order valence-corrected chi connectivity index (χ1v) is 6.57. The standard InChI is InChI=1S/C15H24N2O/c1-5-15(6-2,10-16)17-14(18)13-8-11(3)7-12(4)9-13/h7-9H,5-6,10,16H2,1-4H3,(H,17,18). The van der Waals surface area contributed by atoms with Crippen molar-refractivity contribution in [3.63, 3.8) is 0 Å². The summed E-state index contributed by atoms with van der Waals surface area (Å²) in [7, 11) is 0. The van der Waals surface area contributed by atoms with E-state index in [1.807, 2.05) is 26.0 Å². The summed E-state index contributed by atoms with van der Waals surface area (Å²) in [5.74, 6) is -0.0315. The molecule has 0 saturated heterocycles. The van der Waals surface area contributed by atoms with Gasteiger partial charge in [0.1, 0.15) is 0 Å². The van der Waals surface area contributed by atoms with Gasteiger partial charge < -0.3 is 11.1 Å². The Morgan fingerprint density at radius 1 is 1.17 bits per heavy atom. The van der Waals surface area contributed by atoms with Crippen LogP contribution in [0.1, 0.15) is 48.2 Å². The van der Waals surface area contributed by atoms with E-state index >= 15 is 0 Å². The van der Waals surface area contributed by atoms with Gasteiger partial charge in [-0.25, -0.2) is 0 Å². The molecule has 1 rings (SSSR count). The monoisotopic (exact) mass is 248 g/mol. The van der Waals surface area contributed by atoms with Crippen LogP contribution in [0.25, 0.3) is 0 Å². The fraction of sp³-hybridized carbons (Fsp3) is 0.533. The van der Waals surface area contributed by atoms with Crippen LogP contribution in [-0.2, 0) is 0 Å². The predicted molar refractivity (Wildman–Crippen MR) is 75.7 cm³/mol. The second-order valence-corrected chi connectivity index (χ2v) is 5.02. The van der Waals surface area contributed by atoms with Crippen molar-refractivity contribution >= 4 is 5.91 Å². The van der Waals surface area contributed by atoms with Crippen LogP contribution in [0.3, 0.4) is 0 Å². The maximum absolute atomic E-state index is 12.3. The largest absolute Gasteiger partial charge is 0.345 e. The Labute approximate surface area is 110 Å². The van der Waals surface area contributed by atoms with Gasteiger partial charge >= 0.3 is 0 Å². The zero-order chi connectivity index (χ0) is 13.8. The van der Waals surface area contributed by atoms with E-state index in [9.17, 15) is 4.79 Å². The van der Waals surface area contributed by atoms with Crippen molar-refractivity contribution in [2.45, 2.75) is 46.1 Å². The van der Waals surface area contributed by atoms with E-state index in [-0.39, 0.29) is 11.4 Å². The van der Waals surface area contributed by atoms with Crippen molar-refractivity contribution in [3.05, 3.63) is 34.9 Å². The van der Waals surface area contributed by atoms with Crippen LogP contribution in [-0.4, -0.2) is 18.0 Å². The normalized spacial score (nSPS) is 11.4. The molecule has 0 spiro atoms.